The number of piperazine rings is 1. The van der Waals surface area contributed by atoms with E-state index in [1.807, 2.05) is 0 Å². The van der Waals surface area contributed by atoms with E-state index in [1.54, 1.807) is 0 Å². The maximum atomic E-state index is 5.74. The zero-order valence-electron chi connectivity index (χ0n) is 10.8. The monoisotopic (exact) mass is 234 g/mol. The first-order chi connectivity index (χ1) is 8.22. The maximum Gasteiger partial charge on any atom is 0.129 e. The van der Waals surface area contributed by atoms with Crippen molar-refractivity contribution in [2.45, 2.75) is 19.9 Å². The van der Waals surface area contributed by atoms with E-state index < -0.39 is 0 Å². The quantitative estimate of drug-likeness (QED) is 0.842. The SMILES string of the molecule is CCc1cc(CN)cc(N2CCN(C)CC2)n1. The number of rotatable bonds is 3. The van der Waals surface area contributed by atoms with Crippen LogP contribution in [0.5, 0.6) is 0 Å². The van der Waals surface area contributed by atoms with Gasteiger partial charge in [-0.2, -0.15) is 0 Å². The van der Waals surface area contributed by atoms with E-state index in [9.17, 15) is 0 Å². The average molecular weight is 234 g/mol. The molecule has 0 aromatic carbocycles. The molecule has 0 radical (unpaired) electrons. The Morgan fingerprint density at radius 2 is 1.94 bits per heavy atom. The highest BCUT2D eigenvalue weighted by atomic mass is 15.3. The zero-order chi connectivity index (χ0) is 12.3. The van der Waals surface area contributed by atoms with Crippen molar-refractivity contribution >= 4 is 5.82 Å². The van der Waals surface area contributed by atoms with Crippen LogP contribution in [0.3, 0.4) is 0 Å². The van der Waals surface area contributed by atoms with Crippen molar-refractivity contribution in [1.29, 1.82) is 0 Å². The largest absolute Gasteiger partial charge is 0.354 e. The molecule has 1 aliphatic heterocycles. The summed E-state index contributed by atoms with van der Waals surface area (Å²) in [4.78, 5) is 9.41. The summed E-state index contributed by atoms with van der Waals surface area (Å²) in [7, 11) is 2.17. The zero-order valence-corrected chi connectivity index (χ0v) is 10.8. The van der Waals surface area contributed by atoms with Crippen LogP contribution >= 0.6 is 0 Å². The minimum absolute atomic E-state index is 0.594. The van der Waals surface area contributed by atoms with Gasteiger partial charge in [-0.25, -0.2) is 4.98 Å². The molecule has 0 spiro atoms. The van der Waals surface area contributed by atoms with Gasteiger partial charge in [0.05, 0.1) is 0 Å². The van der Waals surface area contributed by atoms with E-state index in [-0.39, 0.29) is 0 Å². The summed E-state index contributed by atoms with van der Waals surface area (Å²) in [5, 5.41) is 0. The fourth-order valence-electron chi connectivity index (χ4n) is 2.13. The predicted octanol–water partition coefficient (Wildman–Crippen LogP) is 0.854. The van der Waals surface area contributed by atoms with E-state index in [0.29, 0.717) is 6.54 Å². The Labute approximate surface area is 103 Å². The predicted molar refractivity (Wildman–Crippen MR) is 71.2 cm³/mol. The third kappa shape index (κ3) is 2.96. The number of likely N-dealkylation sites (N-methyl/N-ethyl adjacent to an activating group) is 1. The van der Waals surface area contributed by atoms with Crippen molar-refractivity contribution in [3.63, 3.8) is 0 Å². The van der Waals surface area contributed by atoms with Gasteiger partial charge < -0.3 is 15.5 Å². The summed E-state index contributed by atoms with van der Waals surface area (Å²) in [6.07, 6.45) is 0.967. The molecule has 0 bridgehead atoms. The van der Waals surface area contributed by atoms with Crippen LogP contribution < -0.4 is 10.6 Å². The first-order valence-electron chi connectivity index (χ1n) is 6.36. The molecule has 1 saturated heterocycles. The fourth-order valence-corrected chi connectivity index (χ4v) is 2.13. The van der Waals surface area contributed by atoms with Crippen LogP contribution in [-0.4, -0.2) is 43.1 Å². The van der Waals surface area contributed by atoms with Crippen LogP contribution in [0.4, 0.5) is 5.82 Å². The summed E-state index contributed by atoms with van der Waals surface area (Å²) in [5.74, 6) is 1.10. The van der Waals surface area contributed by atoms with Crippen LogP contribution in [0.15, 0.2) is 12.1 Å². The van der Waals surface area contributed by atoms with Gasteiger partial charge in [-0.05, 0) is 31.2 Å². The van der Waals surface area contributed by atoms with Crippen molar-refractivity contribution in [2.75, 3.05) is 38.1 Å². The molecule has 1 aromatic rings. The molecule has 0 amide bonds. The molecular formula is C13H22N4. The maximum absolute atomic E-state index is 5.74. The van der Waals surface area contributed by atoms with E-state index in [2.05, 4.69) is 35.9 Å². The topological polar surface area (TPSA) is 45.4 Å². The van der Waals surface area contributed by atoms with Crippen molar-refractivity contribution in [1.82, 2.24) is 9.88 Å². The Hall–Kier alpha value is -1.13. The van der Waals surface area contributed by atoms with Crippen LogP contribution in [0.2, 0.25) is 0 Å². The van der Waals surface area contributed by atoms with Crippen molar-refractivity contribution in [3.8, 4) is 0 Å². The van der Waals surface area contributed by atoms with Gasteiger partial charge in [0.25, 0.3) is 0 Å². The molecule has 0 unspecified atom stereocenters. The summed E-state index contributed by atoms with van der Waals surface area (Å²) in [6, 6.07) is 4.24. The van der Waals surface area contributed by atoms with Crippen molar-refractivity contribution in [2.24, 2.45) is 5.73 Å². The molecule has 4 heteroatoms. The van der Waals surface area contributed by atoms with Crippen LogP contribution in [0.25, 0.3) is 0 Å². The second kappa shape index (κ2) is 5.47. The first-order valence-corrected chi connectivity index (χ1v) is 6.36. The summed E-state index contributed by atoms with van der Waals surface area (Å²) in [6.45, 7) is 7.06. The number of aromatic nitrogens is 1. The highest BCUT2D eigenvalue weighted by molar-refractivity contribution is 5.43. The first kappa shape index (κ1) is 12.3. The van der Waals surface area contributed by atoms with Gasteiger partial charge in [0.2, 0.25) is 0 Å². The number of hydrogen-bond acceptors (Lipinski definition) is 4. The van der Waals surface area contributed by atoms with Gasteiger partial charge in [-0.3, -0.25) is 0 Å². The average Bonchev–Trinajstić information content (AvgIpc) is 2.39. The second-order valence-electron chi connectivity index (χ2n) is 4.67. The van der Waals surface area contributed by atoms with Gasteiger partial charge in [-0.1, -0.05) is 6.92 Å². The number of pyridine rings is 1. The fraction of sp³-hybridized carbons (Fsp3) is 0.615. The lowest BCUT2D eigenvalue weighted by molar-refractivity contribution is 0.312. The smallest absolute Gasteiger partial charge is 0.129 e. The summed E-state index contributed by atoms with van der Waals surface area (Å²) >= 11 is 0. The van der Waals surface area contributed by atoms with Gasteiger partial charge in [0.15, 0.2) is 0 Å². The van der Waals surface area contributed by atoms with Gasteiger partial charge >= 0.3 is 0 Å². The standard InChI is InChI=1S/C13H22N4/c1-3-12-8-11(10-14)9-13(15-12)17-6-4-16(2)5-7-17/h8-9H,3-7,10,14H2,1-2H3. The van der Waals surface area contributed by atoms with E-state index in [4.69, 9.17) is 10.7 Å². The molecule has 1 aromatic heterocycles. The molecule has 17 heavy (non-hydrogen) atoms. The minimum Gasteiger partial charge on any atom is -0.354 e. The Kier molecular flexibility index (Phi) is 3.97. The molecule has 1 fully saturated rings. The molecule has 2 heterocycles. The van der Waals surface area contributed by atoms with E-state index >= 15 is 0 Å². The minimum atomic E-state index is 0.594. The number of anilines is 1. The number of nitrogens with two attached hydrogens (primary N) is 1. The van der Waals surface area contributed by atoms with Crippen molar-refractivity contribution in [3.05, 3.63) is 23.4 Å². The molecule has 0 atom stereocenters. The Bertz CT molecular complexity index is 347. The van der Waals surface area contributed by atoms with Crippen LogP contribution in [-0.2, 0) is 13.0 Å². The molecule has 0 aliphatic carbocycles. The molecule has 0 saturated carbocycles. The van der Waals surface area contributed by atoms with E-state index in [1.165, 1.54) is 5.56 Å². The number of hydrogen-bond donors (Lipinski definition) is 1. The summed E-state index contributed by atoms with van der Waals surface area (Å²) in [5.41, 5.74) is 8.07. The number of nitrogens with zero attached hydrogens (tertiary/aromatic N) is 3. The Balaban J connectivity index is 2.19. The lowest BCUT2D eigenvalue weighted by Gasteiger charge is -2.33. The lowest BCUT2D eigenvalue weighted by atomic mass is 10.2. The third-order valence-corrected chi connectivity index (χ3v) is 3.35. The number of aryl methyl sites for hydroxylation is 1. The third-order valence-electron chi connectivity index (χ3n) is 3.35. The summed E-state index contributed by atoms with van der Waals surface area (Å²) < 4.78 is 0. The lowest BCUT2D eigenvalue weighted by Crippen LogP contribution is -2.44. The molecule has 94 valence electrons. The molecule has 2 N–H and O–H groups in total. The highest BCUT2D eigenvalue weighted by Gasteiger charge is 2.15. The van der Waals surface area contributed by atoms with Gasteiger partial charge in [0, 0.05) is 38.4 Å². The molecule has 1 aliphatic rings. The van der Waals surface area contributed by atoms with Crippen molar-refractivity contribution < 1.29 is 0 Å². The van der Waals surface area contributed by atoms with Gasteiger partial charge in [-0.15, -0.1) is 0 Å². The Morgan fingerprint density at radius 3 is 2.53 bits per heavy atom. The molecule has 2 rings (SSSR count). The molecular weight excluding hydrogens is 212 g/mol. The van der Waals surface area contributed by atoms with Crippen LogP contribution in [0.1, 0.15) is 18.2 Å². The second-order valence-corrected chi connectivity index (χ2v) is 4.67. The van der Waals surface area contributed by atoms with E-state index in [0.717, 1.165) is 44.1 Å². The Morgan fingerprint density at radius 1 is 1.24 bits per heavy atom. The van der Waals surface area contributed by atoms with Gasteiger partial charge in [0.1, 0.15) is 5.82 Å². The normalized spacial score (nSPS) is 17.5. The molecule has 4 nitrogen and oxygen atoms in total. The van der Waals surface area contributed by atoms with Crippen LogP contribution in [0, 0.1) is 0 Å². The highest BCUT2D eigenvalue weighted by Crippen LogP contribution is 2.17.